The van der Waals surface area contributed by atoms with Gasteiger partial charge in [-0.05, 0) is 25.1 Å². The minimum Gasteiger partial charge on any atom is -0.481 e. The number of aryl methyl sites for hydroxylation is 1. The summed E-state index contributed by atoms with van der Waals surface area (Å²) in [5.41, 5.74) is 2.61. The van der Waals surface area contributed by atoms with Gasteiger partial charge in [-0.25, -0.2) is 15.0 Å². The Kier molecular flexibility index (Phi) is 4.90. The van der Waals surface area contributed by atoms with Crippen LogP contribution in [0.3, 0.4) is 0 Å². The predicted molar refractivity (Wildman–Crippen MR) is 105 cm³/mol. The lowest BCUT2D eigenvalue weighted by Crippen LogP contribution is -2.00. The van der Waals surface area contributed by atoms with Crippen LogP contribution in [-0.4, -0.2) is 44.1 Å². The van der Waals surface area contributed by atoms with Gasteiger partial charge in [0.2, 0.25) is 17.6 Å². The maximum atomic E-state index is 5.20. The number of methoxy groups -OCH3 is 2. The Morgan fingerprint density at radius 1 is 0.893 bits per heavy atom. The van der Waals surface area contributed by atoms with Gasteiger partial charge in [-0.2, -0.15) is 9.97 Å². The molecule has 4 aromatic rings. The summed E-state index contributed by atoms with van der Waals surface area (Å²) in [5, 5.41) is 0.889. The van der Waals surface area contributed by atoms with Gasteiger partial charge in [0, 0.05) is 24.2 Å². The molecule has 0 amide bonds. The number of thiazole rings is 1. The third-order valence-corrected chi connectivity index (χ3v) is 5.12. The molecular formula is C19H16N6O2S. The molecule has 4 heterocycles. The normalized spacial score (nSPS) is 10.7. The third kappa shape index (κ3) is 3.52. The van der Waals surface area contributed by atoms with Gasteiger partial charge in [0.1, 0.15) is 5.01 Å². The third-order valence-electron chi connectivity index (χ3n) is 3.89. The molecular weight excluding hydrogens is 376 g/mol. The van der Waals surface area contributed by atoms with E-state index >= 15 is 0 Å². The van der Waals surface area contributed by atoms with Crippen molar-refractivity contribution in [3.05, 3.63) is 48.5 Å². The van der Waals surface area contributed by atoms with Crippen LogP contribution in [0.2, 0.25) is 0 Å². The lowest BCUT2D eigenvalue weighted by atomic mass is 10.3. The van der Waals surface area contributed by atoms with Gasteiger partial charge < -0.3 is 9.47 Å². The van der Waals surface area contributed by atoms with Crippen LogP contribution >= 0.6 is 11.3 Å². The second kappa shape index (κ2) is 7.65. The molecule has 0 saturated heterocycles. The Hall–Kier alpha value is -3.46. The summed E-state index contributed by atoms with van der Waals surface area (Å²) < 4.78 is 10.4. The fourth-order valence-electron chi connectivity index (χ4n) is 2.55. The van der Waals surface area contributed by atoms with Crippen molar-refractivity contribution >= 4 is 11.3 Å². The molecule has 9 heteroatoms. The molecule has 140 valence electrons. The van der Waals surface area contributed by atoms with Gasteiger partial charge in [-0.3, -0.25) is 4.98 Å². The van der Waals surface area contributed by atoms with Crippen molar-refractivity contribution < 1.29 is 9.47 Å². The smallest absolute Gasteiger partial charge is 0.220 e. The molecule has 0 atom stereocenters. The Balaban J connectivity index is 1.75. The van der Waals surface area contributed by atoms with Gasteiger partial charge in [-0.1, -0.05) is 0 Å². The Morgan fingerprint density at radius 3 is 2.36 bits per heavy atom. The summed E-state index contributed by atoms with van der Waals surface area (Å²) in [4.78, 5) is 27.4. The van der Waals surface area contributed by atoms with E-state index in [2.05, 4.69) is 29.9 Å². The van der Waals surface area contributed by atoms with Crippen LogP contribution in [0.4, 0.5) is 0 Å². The topological polar surface area (TPSA) is 95.8 Å². The molecule has 0 aromatic carbocycles. The van der Waals surface area contributed by atoms with Crippen molar-refractivity contribution in [2.45, 2.75) is 6.92 Å². The minimum atomic E-state index is 0.327. The van der Waals surface area contributed by atoms with Crippen LogP contribution in [0.15, 0.2) is 42.9 Å². The van der Waals surface area contributed by atoms with E-state index in [1.54, 1.807) is 36.0 Å². The highest BCUT2D eigenvalue weighted by atomic mass is 32.1. The van der Waals surface area contributed by atoms with Crippen LogP contribution < -0.4 is 9.47 Å². The lowest BCUT2D eigenvalue weighted by molar-refractivity contribution is 0.372. The van der Waals surface area contributed by atoms with E-state index in [9.17, 15) is 0 Å². The van der Waals surface area contributed by atoms with E-state index in [4.69, 9.17) is 9.47 Å². The molecule has 0 bridgehead atoms. The maximum Gasteiger partial charge on any atom is 0.220 e. The van der Waals surface area contributed by atoms with E-state index in [0.29, 0.717) is 23.4 Å². The van der Waals surface area contributed by atoms with Crippen molar-refractivity contribution in [3.8, 4) is 44.6 Å². The van der Waals surface area contributed by atoms with E-state index in [1.165, 1.54) is 14.2 Å². The summed E-state index contributed by atoms with van der Waals surface area (Å²) >= 11 is 1.55. The highest BCUT2D eigenvalue weighted by Crippen LogP contribution is 2.34. The first-order valence-corrected chi connectivity index (χ1v) is 9.18. The molecule has 0 aliphatic rings. The first-order valence-electron chi connectivity index (χ1n) is 8.36. The van der Waals surface area contributed by atoms with Gasteiger partial charge in [0.05, 0.1) is 36.6 Å². The van der Waals surface area contributed by atoms with E-state index in [1.807, 2.05) is 25.1 Å². The van der Waals surface area contributed by atoms with Crippen LogP contribution in [0, 0.1) is 6.92 Å². The number of nitrogens with zero attached hydrogens (tertiary/aromatic N) is 6. The minimum absolute atomic E-state index is 0.327. The Morgan fingerprint density at radius 2 is 1.68 bits per heavy atom. The molecule has 4 aromatic heterocycles. The molecule has 0 aliphatic heterocycles. The van der Waals surface area contributed by atoms with E-state index in [-0.39, 0.29) is 0 Å². The average Bonchev–Trinajstić information content (AvgIpc) is 3.15. The monoisotopic (exact) mass is 392 g/mol. The van der Waals surface area contributed by atoms with Crippen molar-refractivity contribution in [3.63, 3.8) is 0 Å². The molecule has 0 N–H and O–H groups in total. The Bertz CT molecular complexity index is 1090. The molecule has 28 heavy (non-hydrogen) atoms. The van der Waals surface area contributed by atoms with Crippen LogP contribution in [0.5, 0.6) is 11.8 Å². The van der Waals surface area contributed by atoms with Crippen molar-refractivity contribution in [2.24, 2.45) is 0 Å². The number of pyridine rings is 1. The van der Waals surface area contributed by atoms with Gasteiger partial charge in [0.25, 0.3) is 0 Å². The summed E-state index contributed by atoms with van der Waals surface area (Å²) in [6.45, 7) is 1.96. The molecule has 0 saturated carbocycles. The number of hydrogen-bond donors (Lipinski definition) is 0. The molecule has 0 fully saturated rings. The molecule has 8 nitrogen and oxygen atoms in total. The number of hydrogen-bond acceptors (Lipinski definition) is 9. The zero-order chi connectivity index (χ0) is 19.5. The summed E-state index contributed by atoms with van der Waals surface area (Å²) in [7, 11) is 3.06. The molecule has 0 radical (unpaired) electrons. The van der Waals surface area contributed by atoms with Crippen molar-refractivity contribution in [1.29, 1.82) is 0 Å². The quantitative estimate of drug-likeness (QED) is 0.510. The standard InChI is InChI=1S/C19H16N6O2S/c1-11-16(28-19(22-11)12-5-4-7-20-10-12)13-6-8-21-17(23-13)18-24-14(26-2)9-15(25-18)27-3/h4-10H,1-3H3. The van der Waals surface area contributed by atoms with Crippen LogP contribution in [0.25, 0.3) is 32.8 Å². The summed E-state index contributed by atoms with van der Waals surface area (Å²) in [6.07, 6.45) is 5.21. The van der Waals surface area contributed by atoms with Crippen molar-refractivity contribution in [1.82, 2.24) is 29.9 Å². The highest BCUT2D eigenvalue weighted by Gasteiger charge is 2.16. The lowest BCUT2D eigenvalue weighted by Gasteiger charge is -2.06. The van der Waals surface area contributed by atoms with E-state index in [0.717, 1.165) is 26.8 Å². The van der Waals surface area contributed by atoms with Gasteiger partial charge >= 0.3 is 0 Å². The molecule has 0 unspecified atom stereocenters. The fraction of sp³-hybridized carbons (Fsp3) is 0.158. The second-order valence-electron chi connectivity index (χ2n) is 5.72. The first-order chi connectivity index (χ1) is 13.7. The summed E-state index contributed by atoms with van der Waals surface area (Å²) in [5.74, 6) is 1.46. The number of ether oxygens (including phenoxy) is 2. The highest BCUT2D eigenvalue weighted by molar-refractivity contribution is 7.18. The van der Waals surface area contributed by atoms with E-state index < -0.39 is 0 Å². The number of rotatable bonds is 5. The first kappa shape index (κ1) is 17.9. The van der Waals surface area contributed by atoms with Gasteiger partial charge in [0.15, 0.2) is 5.82 Å². The van der Waals surface area contributed by atoms with Crippen LogP contribution in [0.1, 0.15) is 5.69 Å². The zero-order valence-electron chi connectivity index (χ0n) is 15.4. The molecule has 0 aliphatic carbocycles. The zero-order valence-corrected chi connectivity index (χ0v) is 16.3. The van der Waals surface area contributed by atoms with Gasteiger partial charge in [-0.15, -0.1) is 11.3 Å². The fourth-order valence-corrected chi connectivity index (χ4v) is 3.58. The largest absolute Gasteiger partial charge is 0.481 e. The maximum absolute atomic E-state index is 5.20. The predicted octanol–water partition coefficient (Wildman–Crippen LogP) is 3.44. The summed E-state index contributed by atoms with van der Waals surface area (Å²) in [6, 6.07) is 7.31. The molecule has 4 rings (SSSR count). The van der Waals surface area contributed by atoms with Crippen LogP contribution in [-0.2, 0) is 0 Å². The Labute approximate surface area is 165 Å². The second-order valence-corrected chi connectivity index (χ2v) is 6.72. The number of aromatic nitrogens is 6. The average molecular weight is 392 g/mol. The molecule has 0 spiro atoms. The SMILES string of the molecule is COc1cc(OC)nc(-c2nccc(-c3sc(-c4cccnc4)nc3C)n2)n1. The van der Waals surface area contributed by atoms with Crippen molar-refractivity contribution in [2.75, 3.05) is 14.2 Å².